The third kappa shape index (κ3) is 5.80. The summed E-state index contributed by atoms with van der Waals surface area (Å²) >= 11 is 14.3. The second kappa shape index (κ2) is 9.16. The monoisotopic (exact) mass is 395 g/mol. The molecule has 2 nitrogen and oxygen atoms in total. The summed E-state index contributed by atoms with van der Waals surface area (Å²) in [5.74, 6) is 1.43. The number of alkyl halides is 1. The van der Waals surface area contributed by atoms with E-state index in [2.05, 4.69) is 18.0 Å². The first-order valence-corrected chi connectivity index (χ1v) is 10.5. The van der Waals surface area contributed by atoms with Crippen LogP contribution in [0.1, 0.15) is 56.2 Å². The summed E-state index contributed by atoms with van der Waals surface area (Å²) in [5, 5.41) is 1.75. The Morgan fingerprint density at radius 2 is 2.12 bits per heavy atom. The van der Waals surface area contributed by atoms with Gasteiger partial charge in [0, 0.05) is 5.02 Å². The Balaban J connectivity index is 1.56. The second-order valence-electron chi connectivity index (χ2n) is 6.38. The van der Waals surface area contributed by atoms with E-state index in [-0.39, 0.29) is 4.71 Å². The molecule has 1 aromatic carbocycles. The molecule has 1 aliphatic rings. The number of halogens is 2. The molecule has 134 valence electrons. The zero-order chi connectivity index (χ0) is 17.6. The zero-order valence-corrected chi connectivity index (χ0v) is 16.7. The van der Waals surface area contributed by atoms with Crippen molar-refractivity contribution in [3.05, 3.63) is 52.7 Å². The lowest BCUT2D eigenvalue weighted by Crippen LogP contribution is -2.00. The highest BCUT2D eigenvalue weighted by Gasteiger charge is 2.25. The SMILES string of the molecule is CCCCC(Cl)Sc1cccc(COc2ccc(C3CC3)c(Cl)c2)n1. The Morgan fingerprint density at radius 1 is 1.28 bits per heavy atom. The van der Waals surface area contributed by atoms with Crippen LogP contribution in [0.3, 0.4) is 0 Å². The van der Waals surface area contributed by atoms with Crippen molar-refractivity contribution >= 4 is 35.0 Å². The number of hydrogen-bond donors (Lipinski definition) is 0. The molecule has 1 atom stereocenters. The number of hydrogen-bond acceptors (Lipinski definition) is 3. The van der Waals surface area contributed by atoms with Crippen molar-refractivity contribution in [1.82, 2.24) is 4.98 Å². The van der Waals surface area contributed by atoms with Crippen molar-refractivity contribution in [2.45, 2.75) is 61.3 Å². The summed E-state index contributed by atoms with van der Waals surface area (Å²) in [6.07, 6.45) is 5.79. The molecule has 0 bridgehead atoms. The van der Waals surface area contributed by atoms with Gasteiger partial charge in [-0.1, -0.05) is 55.3 Å². The van der Waals surface area contributed by atoms with Crippen molar-refractivity contribution in [2.24, 2.45) is 0 Å². The van der Waals surface area contributed by atoms with Crippen molar-refractivity contribution in [3.63, 3.8) is 0 Å². The maximum atomic E-state index is 6.36. The minimum atomic E-state index is 0.0670. The van der Waals surface area contributed by atoms with Gasteiger partial charge >= 0.3 is 0 Å². The number of rotatable bonds is 9. The molecule has 1 saturated carbocycles. The molecule has 1 heterocycles. The van der Waals surface area contributed by atoms with Crippen LogP contribution < -0.4 is 4.74 Å². The first-order valence-electron chi connectivity index (χ1n) is 8.84. The van der Waals surface area contributed by atoms with E-state index in [1.54, 1.807) is 11.8 Å². The lowest BCUT2D eigenvalue weighted by molar-refractivity contribution is 0.300. The van der Waals surface area contributed by atoms with Crippen molar-refractivity contribution in [3.8, 4) is 5.75 Å². The van der Waals surface area contributed by atoms with Gasteiger partial charge in [0.1, 0.15) is 12.4 Å². The van der Waals surface area contributed by atoms with Gasteiger partial charge in [-0.05, 0) is 55.0 Å². The van der Waals surface area contributed by atoms with Crippen LogP contribution in [-0.2, 0) is 6.61 Å². The van der Waals surface area contributed by atoms with E-state index in [0.717, 1.165) is 40.8 Å². The molecule has 1 fully saturated rings. The largest absolute Gasteiger partial charge is 0.487 e. The number of unbranched alkanes of at least 4 members (excludes halogenated alkanes) is 1. The molecule has 0 N–H and O–H groups in total. The van der Waals surface area contributed by atoms with E-state index in [0.29, 0.717) is 12.5 Å². The fourth-order valence-corrected chi connectivity index (χ4v) is 4.27. The molecule has 0 amide bonds. The topological polar surface area (TPSA) is 22.1 Å². The number of pyridine rings is 1. The number of ether oxygens (including phenoxy) is 1. The second-order valence-corrected chi connectivity index (χ2v) is 8.80. The average Bonchev–Trinajstić information content (AvgIpc) is 3.43. The summed E-state index contributed by atoms with van der Waals surface area (Å²) in [7, 11) is 0. The zero-order valence-electron chi connectivity index (χ0n) is 14.4. The van der Waals surface area contributed by atoms with Crippen molar-refractivity contribution in [2.75, 3.05) is 0 Å². The third-order valence-electron chi connectivity index (χ3n) is 4.19. The quantitative estimate of drug-likeness (QED) is 0.335. The van der Waals surface area contributed by atoms with Gasteiger partial charge in [-0.25, -0.2) is 4.98 Å². The summed E-state index contributed by atoms with van der Waals surface area (Å²) in [5.41, 5.74) is 2.14. The van der Waals surface area contributed by atoms with Gasteiger partial charge in [-0.2, -0.15) is 0 Å². The van der Waals surface area contributed by atoms with E-state index in [1.165, 1.54) is 18.4 Å². The fraction of sp³-hybridized carbons (Fsp3) is 0.450. The molecule has 1 aliphatic carbocycles. The Labute approximate surface area is 164 Å². The van der Waals surface area contributed by atoms with Crippen LogP contribution in [0.2, 0.25) is 5.02 Å². The van der Waals surface area contributed by atoms with Crippen LogP contribution in [-0.4, -0.2) is 9.69 Å². The maximum Gasteiger partial charge on any atom is 0.130 e. The number of benzene rings is 1. The van der Waals surface area contributed by atoms with Gasteiger partial charge < -0.3 is 4.74 Å². The van der Waals surface area contributed by atoms with E-state index in [4.69, 9.17) is 27.9 Å². The molecule has 0 spiro atoms. The number of aromatic nitrogens is 1. The Morgan fingerprint density at radius 3 is 2.84 bits per heavy atom. The molecule has 0 radical (unpaired) electrons. The minimum Gasteiger partial charge on any atom is -0.487 e. The van der Waals surface area contributed by atoms with Crippen LogP contribution in [0.4, 0.5) is 0 Å². The molecule has 0 saturated heterocycles. The van der Waals surface area contributed by atoms with Crippen molar-refractivity contribution < 1.29 is 4.74 Å². The van der Waals surface area contributed by atoms with Gasteiger partial charge in [0.25, 0.3) is 0 Å². The number of thioether (sulfide) groups is 1. The molecule has 0 aliphatic heterocycles. The first-order chi connectivity index (χ1) is 12.2. The Bertz CT molecular complexity index is 706. The highest BCUT2D eigenvalue weighted by molar-refractivity contribution is 8.01. The lowest BCUT2D eigenvalue weighted by Gasteiger charge is -2.11. The van der Waals surface area contributed by atoms with E-state index in [9.17, 15) is 0 Å². The van der Waals surface area contributed by atoms with Gasteiger partial charge in [0.05, 0.1) is 15.4 Å². The van der Waals surface area contributed by atoms with Crippen molar-refractivity contribution in [1.29, 1.82) is 0 Å². The smallest absolute Gasteiger partial charge is 0.130 e. The first kappa shape index (κ1) is 18.9. The molecule has 3 rings (SSSR count). The maximum absolute atomic E-state index is 6.36. The van der Waals surface area contributed by atoms with Gasteiger partial charge in [0.2, 0.25) is 0 Å². The Kier molecular flexibility index (Phi) is 6.92. The van der Waals surface area contributed by atoms with E-state index in [1.807, 2.05) is 30.3 Å². The van der Waals surface area contributed by atoms with Gasteiger partial charge in [0.15, 0.2) is 0 Å². The summed E-state index contributed by atoms with van der Waals surface area (Å²) in [6.45, 7) is 2.60. The molecule has 1 unspecified atom stereocenters. The number of nitrogens with zero attached hydrogens (tertiary/aromatic N) is 1. The highest BCUT2D eigenvalue weighted by atomic mass is 35.5. The molecule has 2 aromatic rings. The minimum absolute atomic E-state index is 0.0670. The van der Waals surface area contributed by atoms with Crippen LogP contribution in [0.5, 0.6) is 5.75 Å². The van der Waals surface area contributed by atoms with Crippen LogP contribution in [0.25, 0.3) is 0 Å². The lowest BCUT2D eigenvalue weighted by atomic mass is 10.1. The molecular formula is C20H23Cl2NOS. The highest BCUT2D eigenvalue weighted by Crippen LogP contribution is 2.44. The predicted molar refractivity (Wildman–Crippen MR) is 107 cm³/mol. The summed E-state index contributed by atoms with van der Waals surface area (Å²) in [6, 6.07) is 12.0. The molecular weight excluding hydrogens is 373 g/mol. The standard InChI is InChI=1S/C20H23Cl2NOS/c1-2-3-6-19(22)25-20-7-4-5-15(23-20)13-24-16-10-11-17(14-8-9-14)18(21)12-16/h4-5,7,10-12,14,19H,2-3,6,8-9,13H2,1H3. The summed E-state index contributed by atoms with van der Waals surface area (Å²) < 4.78 is 5.93. The van der Waals surface area contributed by atoms with E-state index >= 15 is 0 Å². The third-order valence-corrected chi connectivity index (χ3v) is 5.96. The van der Waals surface area contributed by atoms with Gasteiger partial charge in [-0.3, -0.25) is 0 Å². The average molecular weight is 396 g/mol. The normalized spacial score (nSPS) is 15.2. The van der Waals surface area contributed by atoms with Crippen LogP contribution >= 0.6 is 35.0 Å². The molecule has 5 heteroatoms. The molecule has 25 heavy (non-hydrogen) atoms. The van der Waals surface area contributed by atoms with E-state index < -0.39 is 0 Å². The summed E-state index contributed by atoms with van der Waals surface area (Å²) in [4.78, 5) is 4.63. The van der Waals surface area contributed by atoms with Gasteiger partial charge in [-0.15, -0.1) is 11.6 Å². The Hall–Kier alpha value is -0.900. The van der Waals surface area contributed by atoms with Crippen LogP contribution in [0, 0.1) is 0 Å². The predicted octanol–water partition coefficient (Wildman–Crippen LogP) is 7.04. The van der Waals surface area contributed by atoms with Crippen LogP contribution in [0.15, 0.2) is 41.4 Å². The molecule has 1 aromatic heterocycles. The fourth-order valence-electron chi connectivity index (χ4n) is 2.64.